The second-order valence-corrected chi connectivity index (χ2v) is 12.1. The lowest BCUT2D eigenvalue weighted by molar-refractivity contribution is -0.126. The number of thiazole rings is 1. The van der Waals surface area contributed by atoms with Crippen LogP contribution in [0.2, 0.25) is 0 Å². The van der Waals surface area contributed by atoms with E-state index in [1.807, 2.05) is 17.5 Å². The predicted octanol–water partition coefficient (Wildman–Crippen LogP) is 6.07. The molecule has 2 bridgehead atoms. The van der Waals surface area contributed by atoms with Crippen molar-refractivity contribution in [3.63, 3.8) is 0 Å². The highest BCUT2D eigenvalue weighted by molar-refractivity contribution is 8.13. The Morgan fingerprint density at radius 1 is 1.21 bits per heavy atom. The van der Waals surface area contributed by atoms with E-state index in [4.69, 9.17) is 4.74 Å². The molecule has 1 atom stereocenters. The second-order valence-electron chi connectivity index (χ2n) is 10.00. The first-order chi connectivity index (χ1) is 18.1. The van der Waals surface area contributed by atoms with E-state index in [-0.39, 0.29) is 23.7 Å². The summed E-state index contributed by atoms with van der Waals surface area (Å²) in [6.07, 6.45) is 11.5. The molecule has 1 aliphatic heterocycles. The molecule has 1 aromatic heterocycles. The maximum atomic E-state index is 12.8. The molecule has 0 aromatic carbocycles. The zero-order valence-corrected chi connectivity index (χ0v) is 24.8. The van der Waals surface area contributed by atoms with Gasteiger partial charge in [-0.1, -0.05) is 70.2 Å². The average molecular weight is 561 g/mol. The Balaban J connectivity index is 1.95. The molecule has 7 nitrogen and oxygen atoms in total. The maximum absolute atomic E-state index is 12.8. The minimum atomic E-state index is -0.894. The van der Waals surface area contributed by atoms with Crippen molar-refractivity contribution in [1.82, 2.24) is 20.9 Å². The van der Waals surface area contributed by atoms with Crippen LogP contribution in [0.25, 0.3) is 5.70 Å². The summed E-state index contributed by atoms with van der Waals surface area (Å²) in [5, 5.41) is 12.5. The lowest BCUT2D eigenvalue weighted by Crippen LogP contribution is -2.52. The molecule has 1 aromatic rings. The van der Waals surface area contributed by atoms with Crippen LogP contribution in [-0.2, 0) is 20.9 Å². The number of ether oxygens (including phenoxy) is 1. The van der Waals surface area contributed by atoms with E-state index >= 15 is 0 Å². The zero-order valence-electron chi connectivity index (χ0n) is 23.2. The average Bonchev–Trinajstić information content (AvgIpc) is 3.34. The smallest absolute Gasteiger partial charge is 0.245 e. The summed E-state index contributed by atoms with van der Waals surface area (Å²) in [6, 6.07) is 0. The van der Waals surface area contributed by atoms with Gasteiger partial charge in [0.05, 0.1) is 24.5 Å². The number of thioether (sulfide) groups is 1. The summed E-state index contributed by atoms with van der Waals surface area (Å²) in [6.45, 7) is 18.7. The fraction of sp³-hybridized carbons (Fsp3) is 0.552. The van der Waals surface area contributed by atoms with Gasteiger partial charge in [0.15, 0.2) is 5.12 Å². The van der Waals surface area contributed by atoms with Gasteiger partial charge >= 0.3 is 0 Å². The molecular weight excluding hydrogens is 516 g/mol. The van der Waals surface area contributed by atoms with E-state index in [0.717, 1.165) is 35.7 Å². The molecule has 0 spiro atoms. The number of hydrogen-bond acceptors (Lipinski definition) is 8. The van der Waals surface area contributed by atoms with Crippen molar-refractivity contribution in [2.75, 3.05) is 12.3 Å². The van der Waals surface area contributed by atoms with Crippen LogP contribution in [0.4, 0.5) is 0 Å². The van der Waals surface area contributed by atoms with Crippen LogP contribution >= 0.6 is 23.1 Å². The van der Waals surface area contributed by atoms with E-state index in [1.165, 1.54) is 42.4 Å². The van der Waals surface area contributed by atoms with Gasteiger partial charge in [-0.25, -0.2) is 4.98 Å². The summed E-state index contributed by atoms with van der Waals surface area (Å²) >= 11 is 2.92. The molecule has 2 rings (SSSR count). The topological polar surface area (TPSA) is 92.3 Å². The summed E-state index contributed by atoms with van der Waals surface area (Å²) in [7, 11) is 0. The number of carbonyl (C=O) groups is 2. The lowest BCUT2D eigenvalue weighted by atomic mass is 10.0. The molecule has 9 heteroatoms. The monoisotopic (exact) mass is 560 g/mol. The maximum Gasteiger partial charge on any atom is 0.245 e. The number of aromatic nitrogens is 1. The Kier molecular flexibility index (Phi) is 13.7. The quantitative estimate of drug-likeness (QED) is 0.236. The summed E-state index contributed by atoms with van der Waals surface area (Å²) in [4.78, 5) is 29.6. The first-order valence-corrected chi connectivity index (χ1v) is 15.3. The number of carbonyl (C=O) groups excluding carboxylic acids is 2. The Morgan fingerprint density at radius 2 is 1.97 bits per heavy atom. The van der Waals surface area contributed by atoms with Crippen molar-refractivity contribution < 1.29 is 14.3 Å². The molecule has 3 N–H and O–H groups in total. The first kappa shape index (κ1) is 31.7. The van der Waals surface area contributed by atoms with Crippen LogP contribution in [-0.4, -0.2) is 39.9 Å². The third-order valence-corrected chi connectivity index (χ3v) is 7.79. The van der Waals surface area contributed by atoms with Gasteiger partial charge in [-0.3, -0.25) is 9.59 Å². The van der Waals surface area contributed by atoms with Crippen molar-refractivity contribution >= 4 is 39.8 Å². The normalized spacial score (nSPS) is 19.0. The minimum absolute atomic E-state index is 0.185. The number of amides is 1. The highest BCUT2D eigenvalue weighted by Gasteiger charge is 2.28. The number of allylic oxidation sites excluding steroid dienone is 1. The molecule has 1 unspecified atom stereocenters. The van der Waals surface area contributed by atoms with E-state index < -0.39 is 5.54 Å². The molecule has 0 radical (unpaired) electrons. The highest BCUT2D eigenvalue weighted by Crippen LogP contribution is 2.20. The molecule has 1 aliphatic rings. The van der Waals surface area contributed by atoms with Gasteiger partial charge in [0.2, 0.25) is 5.91 Å². The van der Waals surface area contributed by atoms with Gasteiger partial charge in [0.1, 0.15) is 22.4 Å². The van der Waals surface area contributed by atoms with Gasteiger partial charge in [-0.15, -0.1) is 11.3 Å². The van der Waals surface area contributed by atoms with E-state index in [1.54, 1.807) is 13.8 Å². The molecule has 2 heterocycles. The van der Waals surface area contributed by atoms with E-state index in [9.17, 15) is 9.59 Å². The number of nitrogens with one attached hydrogen (secondary N) is 3. The van der Waals surface area contributed by atoms with Crippen molar-refractivity contribution in [2.24, 2.45) is 0 Å². The number of nitrogens with zero attached hydrogens (tertiary/aromatic N) is 1. The number of fused-ring (bicyclic) bond motifs is 2. The number of unbranched alkanes of at least 4 members (excludes halogenated alkanes) is 4. The standard InChI is InChI=1S/C29H44N4O3S2/c1-7-8-9-10-11-15-27(34)37-16-13-12-14-24-17-21(2)30-19-26-32-25(20-38-26)23(4)33-29(5,6)28(35)31-18-22(3)36-24/h12,14,20,24,30,33H,2-4,7-11,13,15-19H2,1,5-6H3,(H,31,35)/b14-12+. The van der Waals surface area contributed by atoms with Gasteiger partial charge in [-0.2, -0.15) is 0 Å². The largest absolute Gasteiger partial charge is 0.489 e. The van der Waals surface area contributed by atoms with Crippen LogP contribution in [0.1, 0.15) is 82.8 Å². The van der Waals surface area contributed by atoms with Crippen LogP contribution in [0.3, 0.4) is 0 Å². The fourth-order valence-electron chi connectivity index (χ4n) is 3.78. The number of rotatable bonds is 10. The van der Waals surface area contributed by atoms with Crippen molar-refractivity contribution in [2.45, 2.75) is 90.3 Å². The molecule has 0 fully saturated rings. The van der Waals surface area contributed by atoms with Gasteiger partial charge < -0.3 is 20.7 Å². The second kappa shape index (κ2) is 16.4. The summed E-state index contributed by atoms with van der Waals surface area (Å²) in [5.74, 6) is 1.00. The third-order valence-electron chi connectivity index (χ3n) is 5.98. The molecule has 0 saturated heterocycles. The minimum Gasteiger partial charge on any atom is -0.489 e. The fourth-order valence-corrected chi connectivity index (χ4v) is 5.30. The zero-order chi connectivity index (χ0) is 28.0. The molecule has 38 heavy (non-hydrogen) atoms. The van der Waals surface area contributed by atoms with Gasteiger partial charge in [0.25, 0.3) is 0 Å². The van der Waals surface area contributed by atoms with Crippen molar-refractivity contribution in [3.8, 4) is 0 Å². The Morgan fingerprint density at radius 3 is 2.74 bits per heavy atom. The van der Waals surface area contributed by atoms with Gasteiger partial charge in [0, 0.05) is 29.7 Å². The van der Waals surface area contributed by atoms with Crippen molar-refractivity contribution in [3.05, 3.63) is 59.4 Å². The highest BCUT2D eigenvalue weighted by atomic mass is 32.2. The van der Waals surface area contributed by atoms with E-state index in [2.05, 4.69) is 47.6 Å². The van der Waals surface area contributed by atoms with Crippen LogP contribution in [0.15, 0.2) is 48.7 Å². The number of hydrogen-bond donors (Lipinski definition) is 3. The van der Waals surface area contributed by atoms with Crippen LogP contribution in [0, 0.1) is 0 Å². The molecule has 0 aliphatic carbocycles. The van der Waals surface area contributed by atoms with Crippen LogP contribution < -0.4 is 16.0 Å². The Hall–Kier alpha value is -2.52. The van der Waals surface area contributed by atoms with E-state index in [0.29, 0.717) is 36.5 Å². The molecule has 210 valence electrons. The SMILES string of the molecule is C=C1CC(/C=C/CCSC(=O)CCCCCCC)OC(=C)CNC(=O)C(C)(C)NC(=C)c2csc(n2)CN1. The molecular formula is C29H44N4O3S2. The Bertz CT molecular complexity index is 1000. The Labute approximate surface area is 236 Å². The summed E-state index contributed by atoms with van der Waals surface area (Å²) < 4.78 is 6.08. The first-order valence-electron chi connectivity index (χ1n) is 13.4. The third kappa shape index (κ3) is 11.9. The van der Waals surface area contributed by atoms with Crippen molar-refractivity contribution in [1.29, 1.82) is 0 Å². The van der Waals surface area contributed by atoms with Gasteiger partial charge in [-0.05, 0) is 32.8 Å². The summed E-state index contributed by atoms with van der Waals surface area (Å²) in [5.41, 5.74) is 1.22. The molecule has 0 saturated carbocycles. The lowest BCUT2D eigenvalue weighted by Gasteiger charge is -2.27. The van der Waals surface area contributed by atoms with Crippen LogP contribution in [0.5, 0.6) is 0 Å². The molecule has 1 amide bonds. The predicted molar refractivity (Wildman–Crippen MR) is 161 cm³/mol.